The number of hydrogen-bond donors (Lipinski definition) is 2. The van der Waals surface area contributed by atoms with Gasteiger partial charge in [-0.25, -0.2) is 0 Å². The van der Waals surface area contributed by atoms with Crippen molar-refractivity contribution in [2.24, 2.45) is 0 Å². The Bertz CT molecular complexity index is 861. The van der Waals surface area contributed by atoms with Gasteiger partial charge in [-0.1, -0.05) is 78.3 Å². The van der Waals surface area contributed by atoms with Crippen molar-refractivity contribution >= 4 is 23.2 Å². The summed E-state index contributed by atoms with van der Waals surface area (Å²) in [6.45, 7) is 3.81. The topological polar surface area (TPSA) is 49.3 Å². The van der Waals surface area contributed by atoms with Gasteiger partial charge in [-0.2, -0.15) is 0 Å². The predicted octanol–water partition coefficient (Wildman–Crippen LogP) is 4.83. The quantitative estimate of drug-likeness (QED) is 0.695. The van der Waals surface area contributed by atoms with Crippen LogP contribution in [0, 0.1) is 13.8 Å². The van der Waals surface area contributed by atoms with Gasteiger partial charge < -0.3 is 10.4 Å². The number of rotatable bonds is 4. The van der Waals surface area contributed by atoms with E-state index in [-0.39, 0.29) is 0 Å². The normalized spacial score (nSPS) is 11.2. The van der Waals surface area contributed by atoms with Crippen molar-refractivity contribution in [1.82, 2.24) is 0 Å². The molecule has 3 aromatic carbocycles. The molecule has 2 N–H and O–H groups in total. The number of aryl methyl sites for hydroxylation is 2. The first-order chi connectivity index (χ1) is 12.4. The van der Waals surface area contributed by atoms with Crippen molar-refractivity contribution in [1.29, 1.82) is 0 Å². The van der Waals surface area contributed by atoms with Crippen LogP contribution in [0.2, 0.25) is 5.02 Å². The molecule has 3 aromatic rings. The molecular formula is C22H20ClNO2. The van der Waals surface area contributed by atoms with E-state index in [2.05, 4.69) is 5.32 Å². The predicted molar refractivity (Wildman–Crippen MR) is 105 cm³/mol. The van der Waals surface area contributed by atoms with Crippen LogP contribution in [0.25, 0.3) is 0 Å². The molecule has 0 radical (unpaired) electrons. The van der Waals surface area contributed by atoms with Crippen LogP contribution in [-0.2, 0) is 10.4 Å². The van der Waals surface area contributed by atoms with Crippen LogP contribution in [-0.4, -0.2) is 11.0 Å². The molecule has 3 rings (SSSR count). The lowest BCUT2D eigenvalue weighted by Gasteiger charge is -2.28. The minimum Gasteiger partial charge on any atom is -0.372 e. The van der Waals surface area contributed by atoms with Crippen LogP contribution in [0.4, 0.5) is 5.69 Å². The van der Waals surface area contributed by atoms with Gasteiger partial charge in [0.05, 0.1) is 10.7 Å². The molecule has 132 valence electrons. The summed E-state index contributed by atoms with van der Waals surface area (Å²) in [6.07, 6.45) is 0. The third kappa shape index (κ3) is 3.36. The van der Waals surface area contributed by atoms with Gasteiger partial charge in [0.15, 0.2) is 5.60 Å². The second-order valence-corrected chi connectivity index (χ2v) is 6.74. The number of hydrogen-bond acceptors (Lipinski definition) is 2. The molecule has 3 nitrogen and oxygen atoms in total. The zero-order chi connectivity index (χ0) is 18.7. The first-order valence-electron chi connectivity index (χ1n) is 8.34. The molecule has 0 aliphatic carbocycles. The van der Waals surface area contributed by atoms with Crippen molar-refractivity contribution < 1.29 is 9.90 Å². The van der Waals surface area contributed by atoms with Gasteiger partial charge in [-0.15, -0.1) is 0 Å². The lowest BCUT2D eigenvalue weighted by Crippen LogP contribution is -2.41. The van der Waals surface area contributed by atoms with Crippen LogP contribution < -0.4 is 5.32 Å². The second kappa shape index (κ2) is 7.32. The number of carbonyl (C=O) groups is 1. The fourth-order valence-corrected chi connectivity index (χ4v) is 3.43. The van der Waals surface area contributed by atoms with E-state index >= 15 is 0 Å². The van der Waals surface area contributed by atoms with E-state index < -0.39 is 11.5 Å². The van der Waals surface area contributed by atoms with Gasteiger partial charge in [0.1, 0.15) is 0 Å². The highest BCUT2D eigenvalue weighted by molar-refractivity contribution is 6.34. The maximum Gasteiger partial charge on any atom is 0.265 e. The summed E-state index contributed by atoms with van der Waals surface area (Å²) in [5.41, 5.74) is 1.50. The Morgan fingerprint density at radius 2 is 1.42 bits per heavy atom. The van der Waals surface area contributed by atoms with Gasteiger partial charge in [0, 0.05) is 0 Å². The number of amides is 1. The van der Waals surface area contributed by atoms with Crippen LogP contribution in [0.1, 0.15) is 22.3 Å². The zero-order valence-electron chi connectivity index (χ0n) is 14.7. The van der Waals surface area contributed by atoms with Gasteiger partial charge in [0.25, 0.3) is 5.91 Å². The molecule has 0 saturated heterocycles. The molecule has 0 spiro atoms. The Morgan fingerprint density at radius 1 is 0.923 bits per heavy atom. The number of halogens is 1. The SMILES string of the molecule is Cc1cc(C)c(NC(=O)C(O)(c2ccccc2)c2ccccc2)c(Cl)c1. The van der Waals surface area contributed by atoms with E-state index in [0.717, 1.165) is 11.1 Å². The van der Waals surface area contributed by atoms with Crippen molar-refractivity contribution in [3.8, 4) is 0 Å². The summed E-state index contributed by atoms with van der Waals surface area (Å²) in [6, 6.07) is 21.5. The highest BCUT2D eigenvalue weighted by atomic mass is 35.5. The van der Waals surface area contributed by atoms with Crippen LogP contribution >= 0.6 is 11.6 Å². The average molecular weight is 366 g/mol. The molecule has 0 unspecified atom stereocenters. The largest absolute Gasteiger partial charge is 0.372 e. The summed E-state index contributed by atoms with van der Waals surface area (Å²) in [4.78, 5) is 13.2. The van der Waals surface area contributed by atoms with E-state index in [1.54, 1.807) is 54.6 Å². The number of aliphatic hydroxyl groups is 1. The van der Waals surface area contributed by atoms with E-state index in [1.165, 1.54) is 0 Å². The van der Waals surface area contributed by atoms with E-state index in [1.807, 2.05) is 32.0 Å². The average Bonchev–Trinajstić information content (AvgIpc) is 2.65. The highest BCUT2D eigenvalue weighted by Crippen LogP contribution is 2.33. The summed E-state index contributed by atoms with van der Waals surface area (Å²) in [5.74, 6) is -0.552. The molecule has 0 aliphatic heterocycles. The monoisotopic (exact) mass is 365 g/mol. The first-order valence-corrected chi connectivity index (χ1v) is 8.72. The highest BCUT2D eigenvalue weighted by Gasteiger charge is 2.40. The molecule has 26 heavy (non-hydrogen) atoms. The number of nitrogens with one attached hydrogen (secondary N) is 1. The Kier molecular flexibility index (Phi) is 5.12. The van der Waals surface area contributed by atoms with E-state index in [9.17, 15) is 9.90 Å². The third-order valence-corrected chi connectivity index (χ3v) is 4.68. The Balaban J connectivity index is 2.08. The van der Waals surface area contributed by atoms with Gasteiger partial charge in [0.2, 0.25) is 0 Å². The first kappa shape index (κ1) is 18.2. The summed E-state index contributed by atoms with van der Waals surface area (Å²) in [5, 5.41) is 14.7. The number of anilines is 1. The second-order valence-electron chi connectivity index (χ2n) is 6.34. The molecular weight excluding hydrogens is 346 g/mol. The standard InChI is InChI=1S/C22H20ClNO2/c1-15-13-16(2)20(19(23)14-15)24-21(25)22(26,17-9-5-3-6-10-17)18-11-7-4-8-12-18/h3-14,26H,1-2H3,(H,24,25). The third-order valence-electron chi connectivity index (χ3n) is 4.38. The Hall–Kier alpha value is -2.62. The fourth-order valence-electron chi connectivity index (χ4n) is 3.07. The van der Waals surface area contributed by atoms with Crippen molar-refractivity contribution in [3.63, 3.8) is 0 Å². The lowest BCUT2D eigenvalue weighted by molar-refractivity contribution is -0.131. The molecule has 0 aliphatic rings. The summed E-state index contributed by atoms with van der Waals surface area (Å²) in [7, 11) is 0. The minimum absolute atomic E-state index is 0.444. The molecule has 0 saturated carbocycles. The van der Waals surface area contributed by atoms with Gasteiger partial charge in [-0.3, -0.25) is 4.79 Å². The summed E-state index contributed by atoms with van der Waals surface area (Å²) < 4.78 is 0. The van der Waals surface area contributed by atoms with Crippen LogP contribution in [0.3, 0.4) is 0 Å². The molecule has 0 fully saturated rings. The smallest absolute Gasteiger partial charge is 0.265 e. The number of benzene rings is 3. The van der Waals surface area contributed by atoms with Crippen molar-refractivity contribution in [2.45, 2.75) is 19.4 Å². The molecule has 0 bridgehead atoms. The number of carbonyl (C=O) groups excluding carboxylic acids is 1. The maximum atomic E-state index is 13.2. The Morgan fingerprint density at radius 3 is 1.88 bits per heavy atom. The van der Waals surface area contributed by atoms with Gasteiger partial charge >= 0.3 is 0 Å². The summed E-state index contributed by atoms with van der Waals surface area (Å²) >= 11 is 6.32. The van der Waals surface area contributed by atoms with Crippen LogP contribution in [0.5, 0.6) is 0 Å². The lowest BCUT2D eigenvalue weighted by atomic mass is 9.85. The van der Waals surface area contributed by atoms with Crippen molar-refractivity contribution in [3.05, 3.63) is 100 Å². The van der Waals surface area contributed by atoms with Crippen LogP contribution in [0.15, 0.2) is 72.8 Å². The Labute approximate surface area is 158 Å². The van der Waals surface area contributed by atoms with E-state index in [4.69, 9.17) is 11.6 Å². The molecule has 0 aromatic heterocycles. The molecule has 0 atom stereocenters. The fraction of sp³-hybridized carbons (Fsp3) is 0.136. The minimum atomic E-state index is -1.83. The van der Waals surface area contributed by atoms with Crippen molar-refractivity contribution in [2.75, 3.05) is 5.32 Å². The maximum absolute atomic E-state index is 13.2. The zero-order valence-corrected chi connectivity index (χ0v) is 15.4. The molecule has 4 heteroatoms. The molecule has 0 heterocycles. The van der Waals surface area contributed by atoms with Gasteiger partial charge in [-0.05, 0) is 42.2 Å². The van der Waals surface area contributed by atoms with E-state index in [0.29, 0.717) is 21.8 Å². The molecule has 1 amide bonds.